The lowest BCUT2D eigenvalue weighted by Gasteiger charge is -2.29. The van der Waals surface area contributed by atoms with Crippen LogP contribution in [0.2, 0.25) is 0 Å². The number of hydrogen-bond acceptors (Lipinski definition) is 3. The normalized spacial score (nSPS) is 19.7. The van der Waals surface area contributed by atoms with Gasteiger partial charge >= 0.3 is 0 Å². The van der Waals surface area contributed by atoms with Crippen molar-refractivity contribution in [2.24, 2.45) is 0 Å². The molecular formula is C28H23NO3S. The molecule has 0 bridgehead atoms. The van der Waals surface area contributed by atoms with Gasteiger partial charge in [-0.05, 0) is 42.3 Å². The van der Waals surface area contributed by atoms with Crippen molar-refractivity contribution in [3.63, 3.8) is 0 Å². The van der Waals surface area contributed by atoms with E-state index in [4.69, 9.17) is 1.37 Å². The van der Waals surface area contributed by atoms with Crippen molar-refractivity contribution in [1.29, 1.82) is 0 Å². The van der Waals surface area contributed by atoms with Gasteiger partial charge < -0.3 is 5.11 Å². The van der Waals surface area contributed by atoms with Crippen molar-refractivity contribution in [3.8, 4) is 0 Å². The molecule has 1 unspecified atom stereocenters. The van der Waals surface area contributed by atoms with Crippen molar-refractivity contribution in [3.05, 3.63) is 137 Å². The van der Waals surface area contributed by atoms with E-state index in [-0.39, 0.29) is 16.6 Å². The third kappa shape index (κ3) is 3.46. The van der Waals surface area contributed by atoms with Gasteiger partial charge in [0.2, 0.25) is 0 Å². The van der Waals surface area contributed by atoms with Crippen molar-refractivity contribution in [2.75, 3.05) is 4.31 Å². The molecule has 5 rings (SSSR count). The molecule has 5 heteroatoms. The zero-order chi connectivity index (χ0) is 23.9. The van der Waals surface area contributed by atoms with Gasteiger partial charge in [-0.1, -0.05) is 96.6 Å². The van der Waals surface area contributed by atoms with Gasteiger partial charge in [0.15, 0.2) is 5.60 Å². The van der Waals surface area contributed by atoms with E-state index >= 15 is 0 Å². The van der Waals surface area contributed by atoms with E-state index in [1.165, 1.54) is 0 Å². The molecule has 1 atom stereocenters. The standard InChI is InChI=1S/C28H23NO3S/c1-21-16-18-24(19-17-21)33(31,32)29-26-15-9-8-14-25(26)28(30,23-12-6-3-7-13-23)27(29)20-22-10-4-2-5-11-22/h2-20,30H,1H3/b27-20-/i20D. The van der Waals surface area contributed by atoms with Crippen LogP contribution in [0.15, 0.2) is 120 Å². The lowest BCUT2D eigenvalue weighted by Crippen LogP contribution is -2.35. The highest BCUT2D eigenvalue weighted by molar-refractivity contribution is 7.93. The molecule has 1 heterocycles. The molecule has 164 valence electrons. The molecule has 1 N–H and O–H groups in total. The highest BCUT2D eigenvalue weighted by Gasteiger charge is 2.51. The Morgan fingerprint density at radius 1 is 0.818 bits per heavy atom. The summed E-state index contributed by atoms with van der Waals surface area (Å²) in [6, 6.07) is 31.2. The third-order valence-electron chi connectivity index (χ3n) is 5.85. The summed E-state index contributed by atoms with van der Waals surface area (Å²) in [4.78, 5) is 0.0866. The molecule has 4 aromatic rings. The van der Waals surface area contributed by atoms with E-state index in [1.807, 2.05) is 19.1 Å². The number of sulfonamides is 1. The number of rotatable bonds is 4. The van der Waals surface area contributed by atoms with E-state index < -0.39 is 15.6 Å². The summed E-state index contributed by atoms with van der Waals surface area (Å²) in [5.41, 5.74) is 0.790. The Bertz CT molecular complexity index is 1480. The lowest BCUT2D eigenvalue weighted by molar-refractivity contribution is 0.128. The van der Waals surface area contributed by atoms with Crippen molar-refractivity contribution in [1.82, 2.24) is 0 Å². The second kappa shape index (κ2) is 8.03. The van der Waals surface area contributed by atoms with Gasteiger partial charge in [0.05, 0.1) is 17.7 Å². The Kier molecular flexibility index (Phi) is 4.86. The van der Waals surface area contributed by atoms with E-state index in [0.717, 1.165) is 9.87 Å². The molecule has 4 nitrogen and oxygen atoms in total. The fourth-order valence-corrected chi connectivity index (χ4v) is 5.72. The minimum Gasteiger partial charge on any atom is -0.374 e. The average Bonchev–Trinajstić information content (AvgIpc) is 3.15. The summed E-state index contributed by atoms with van der Waals surface area (Å²) in [7, 11) is -4.15. The molecule has 0 fully saturated rings. The number of aliphatic hydroxyl groups is 1. The minimum absolute atomic E-state index is 0.0216. The molecule has 0 aliphatic carbocycles. The number of para-hydroxylation sites is 1. The Labute approximate surface area is 195 Å². The predicted octanol–water partition coefficient (Wildman–Crippen LogP) is 5.48. The van der Waals surface area contributed by atoms with Crippen LogP contribution in [-0.2, 0) is 15.6 Å². The molecular weight excluding hydrogens is 430 g/mol. The molecule has 0 saturated carbocycles. The molecule has 1 aliphatic heterocycles. The lowest BCUT2D eigenvalue weighted by atomic mass is 9.85. The SMILES string of the molecule is [2H]/C(=C1/N(S(=O)(=O)c2ccc(C)cc2)c2ccccc2C1(O)c1ccccc1)c1ccccc1. The van der Waals surface area contributed by atoms with E-state index in [1.54, 1.807) is 97.1 Å². The number of anilines is 1. The van der Waals surface area contributed by atoms with Crippen LogP contribution in [0.5, 0.6) is 0 Å². The van der Waals surface area contributed by atoms with Gasteiger partial charge in [-0.2, -0.15) is 0 Å². The van der Waals surface area contributed by atoms with Crippen LogP contribution in [0.1, 0.15) is 23.6 Å². The van der Waals surface area contributed by atoms with Crippen molar-refractivity contribution < 1.29 is 14.9 Å². The molecule has 33 heavy (non-hydrogen) atoms. The first kappa shape index (κ1) is 20.0. The largest absolute Gasteiger partial charge is 0.374 e. The van der Waals surface area contributed by atoms with Crippen molar-refractivity contribution >= 4 is 21.8 Å². The smallest absolute Gasteiger partial charge is 0.268 e. The molecule has 4 aromatic carbocycles. The summed E-state index contributed by atoms with van der Waals surface area (Å²) in [6.45, 7) is 1.89. The zero-order valence-electron chi connectivity index (χ0n) is 19.0. The van der Waals surface area contributed by atoms with Gasteiger partial charge in [-0.25, -0.2) is 12.7 Å². The second-order valence-electron chi connectivity index (χ2n) is 8.02. The Morgan fingerprint density at radius 3 is 2.06 bits per heavy atom. The molecule has 0 saturated heterocycles. The van der Waals surface area contributed by atoms with E-state index in [2.05, 4.69) is 0 Å². The second-order valence-corrected chi connectivity index (χ2v) is 9.80. The number of nitrogens with zero attached hydrogens (tertiary/aromatic N) is 1. The Morgan fingerprint density at radius 2 is 1.39 bits per heavy atom. The molecule has 0 aromatic heterocycles. The average molecular weight is 455 g/mol. The zero-order valence-corrected chi connectivity index (χ0v) is 18.8. The van der Waals surface area contributed by atoms with Crippen LogP contribution in [0.3, 0.4) is 0 Å². The van der Waals surface area contributed by atoms with Crippen LogP contribution in [0, 0.1) is 6.92 Å². The highest BCUT2D eigenvalue weighted by atomic mass is 32.2. The number of fused-ring (bicyclic) bond motifs is 1. The minimum atomic E-state index is -4.15. The van der Waals surface area contributed by atoms with E-state index in [9.17, 15) is 13.5 Å². The maximum Gasteiger partial charge on any atom is 0.268 e. The van der Waals surface area contributed by atoms with Crippen LogP contribution in [0.4, 0.5) is 5.69 Å². The number of benzene rings is 4. The Balaban J connectivity index is 1.88. The number of aryl methyl sites for hydroxylation is 1. The summed E-state index contributed by atoms with van der Waals surface area (Å²) >= 11 is 0. The first-order valence-corrected chi connectivity index (χ1v) is 12.1. The maximum atomic E-state index is 14.1. The van der Waals surface area contributed by atoms with Crippen LogP contribution in [0.25, 0.3) is 6.05 Å². The molecule has 0 amide bonds. The van der Waals surface area contributed by atoms with Gasteiger partial charge in [0.1, 0.15) is 0 Å². The first-order valence-electron chi connectivity index (χ1n) is 11.1. The molecule has 0 spiro atoms. The van der Waals surface area contributed by atoms with Crippen LogP contribution < -0.4 is 4.31 Å². The van der Waals surface area contributed by atoms with Gasteiger partial charge in [-0.15, -0.1) is 0 Å². The first-order chi connectivity index (χ1) is 16.3. The number of hydrogen-bond donors (Lipinski definition) is 1. The monoisotopic (exact) mass is 454 g/mol. The van der Waals surface area contributed by atoms with Crippen LogP contribution in [-0.4, -0.2) is 13.5 Å². The van der Waals surface area contributed by atoms with Crippen molar-refractivity contribution in [2.45, 2.75) is 17.4 Å². The highest BCUT2D eigenvalue weighted by Crippen LogP contribution is 2.52. The predicted molar refractivity (Wildman–Crippen MR) is 131 cm³/mol. The molecule has 0 radical (unpaired) electrons. The summed E-state index contributed by atoms with van der Waals surface area (Å²) < 4.78 is 38.4. The summed E-state index contributed by atoms with van der Waals surface area (Å²) in [5, 5.41) is 12.3. The van der Waals surface area contributed by atoms with Gasteiger partial charge in [-0.3, -0.25) is 0 Å². The van der Waals surface area contributed by atoms with Gasteiger partial charge in [0, 0.05) is 5.56 Å². The third-order valence-corrected chi connectivity index (χ3v) is 7.57. The molecule has 1 aliphatic rings. The van der Waals surface area contributed by atoms with Gasteiger partial charge in [0.25, 0.3) is 10.0 Å². The Hall–Kier alpha value is -3.67. The topological polar surface area (TPSA) is 57.6 Å². The fraction of sp³-hybridized carbons (Fsp3) is 0.0714. The summed E-state index contributed by atoms with van der Waals surface area (Å²) in [6.07, 6.45) is 0. The van der Waals surface area contributed by atoms with E-state index in [0.29, 0.717) is 22.4 Å². The summed E-state index contributed by atoms with van der Waals surface area (Å²) in [5.74, 6) is 0. The quantitative estimate of drug-likeness (QED) is 0.444. The fourth-order valence-electron chi connectivity index (χ4n) is 4.19. The maximum absolute atomic E-state index is 14.1. The van der Waals surface area contributed by atoms with Crippen LogP contribution >= 0.6 is 0 Å².